The minimum atomic E-state index is -0.348. The summed E-state index contributed by atoms with van der Waals surface area (Å²) in [6.07, 6.45) is 1.59. The molecule has 0 aliphatic heterocycles. The standard InChI is InChI=1S/C8H9BrN4O/c1-13-7(8(9)11-12-13)6(10)5-3-2-4-14-5/h2-4,6H,10H2,1H3. The largest absolute Gasteiger partial charge is 0.467 e. The van der Waals surface area contributed by atoms with Crippen molar-refractivity contribution in [3.63, 3.8) is 0 Å². The Morgan fingerprint density at radius 3 is 2.93 bits per heavy atom. The van der Waals surface area contributed by atoms with Crippen molar-refractivity contribution in [2.45, 2.75) is 6.04 Å². The maximum Gasteiger partial charge on any atom is 0.153 e. The van der Waals surface area contributed by atoms with Crippen molar-refractivity contribution in [1.29, 1.82) is 0 Å². The zero-order chi connectivity index (χ0) is 10.1. The summed E-state index contributed by atoms with van der Waals surface area (Å²) in [6, 6.07) is 3.27. The molecule has 0 aromatic carbocycles. The summed E-state index contributed by atoms with van der Waals surface area (Å²) in [4.78, 5) is 0. The van der Waals surface area contributed by atoms with Crippen molar-refractivity contribution in [3.8, 4) is 0 Å². The first kappa shape index (κ1) is 9.42. The van der Waals surface area contributed by atoms with Crippen molar-refractivity contribution >= 4 is 15.9 Å². The highest BCUT2D eigenvalue weighted by Gasteiger charge is 2.19. The van der Waals surface area contributed by atoms with Crippen LogP contribution in [0.15, 0.2) is 27.4 Å². The van der Waals surface area contributed by atoms with E-state index in [4.69, 9.17) is 10.2 Å². The van der Waals surface area contributed by atoms with E-state index in [9.17, 15) is 0 Å². The summed E-state index contributed by atoms with van der Waals surface area (Å²) in [5.41, 5.74) is 6.77. The van der Waals surface area contributed by atoms with Crippen molar-refractivity contribution in [3.05, 3.63) is 34.5 Å². The minimum Gasteiger partial charge on any atom is -0.467 e. The topological polar surface area (TPSA) is 69.9 Å². The Hall–Kier alpha value is -1.14. The number of nitrogens with two attached hydrogens (primary N) is 1. The Morgan fingerprint density at radius 2 is 2.43 bits per heavy atom. The van der Waals surface area contributed by atoms with Gasteiger partial charge in [0.05, 0.1) is 12.0 Å². The molecule has 2 aromatic heterocycles. The van der Waals surface area contributed by atoms with Gasteiger partial charge in [-0.15, -0.1) is 5.10 Å². The van der Waals surface area contributed by atoms with E-state index >= 15 is 0 Å². The molecule has 0 aliphatic rings. The number of furan rings is 1. The highest BCUT2D eigenvalue weighted by molar-refractivity contribution is 9.10. The summed E-state index contributed by atoms with van der Waals surface area (Å²) >= 11 is 3.29. The van der Waals surface area contributed by atoms with Gasteiger partial charge < -0.3 is 10.2 Å². The monoisotopic (exact) mass is 256 g/mol. The molecule has 0 saturated heterocycles. The molecule has 0 spiro atoms. The second-order valence-electron chi connectivity index (χ2n) is 2.88. The van der Waals surface area contributed by atoms with Crippen LogP contribution in [0.4, 0.5) is 0 Å². The Labute approximate surface area is 89.0 Å². The van der Waals surface area contributed by atoms with Gasteiger partial charge in [0.15, 0.2) is 4.60 Å². The van der Waals surface area contributed by atoms with Gasteiger partial charge in [-0.1, -0.05) is 5.21 Å². The molecule has 0 radical (unpaired) electrons. The maximum atomic E-state index is 5.98. The zero-order valence-electron chi connectivity index (χ0n) is 7.51. The van der Waals surface area contributed by atoms with Crippen LogP contribution in [0, 0.1) is 0 Å². The summed E-state index contributed by atoms with van der Waals surface area (Å²) < 4.78 is 7.48. The molecule has 2 N–H and O–H groups in total. The number of aryl methyl sites for hydroxylation is 1. The van der Waals surface area contributed by atoms with Gasteiger partial charge in [-0.3, -0.25) is 0 Å². The van der Waals surface area contributed by atoms with Crippen LogP contribution in [-0.4, -0.2) is 15.0 Å². The van der Waals surface area contributed by atoms with E-state index in [-0.39, 0.29) is 6.04 Å². The third-order valence-corrected chi connectivity index (χ3v) is 2.54. The van der Waals surface area contributed by atoms with Crippen LogP contribution in [0.1, 0.15) is 17.5 Å². The second-order valence-corrected chi connectivity index (χ2v) is 3.63. The van der Waals surface area contributed by atoms with Crippen molar-refractivity contribution in [2.75, 3.05) is 0 Å². The van der Waals surface area contributed by atoms with Gasteiger partial charge in [0, 0.05) is 7.05 Å². The predicted octanol–water partition coefficient (Wildman–Crippen LogP) is 1.22. The minimum absolute atomic E-state index is 0.348. The predicted molar refractivity (Wildman–Crippen MR) is 53.4 cm³/mol. The highest BCUT2D eigenvalue weighted by atomic mass is 79.9. The number of hydrogen-bond donors (Lipinski definition) is 1. The first-order valence-electron chi connectivity index (χ1n) is 4.04. The second kappa shape index (κ2) is 3.55. The fourth-order valence-electron chi connectivity index (χ4n) is 1.27. The molecule has 1 atom stereocenters. The quantitative estimate of drug-likeness (QED) is 0.878. The van der Waals surface area contributed by atoms with E-state index in [1.165, 1.54) is 0 Å². The van der Waals surface area contributed by atoms with Gasteiger partial charge in [0.2, 0.25) is 0 Å². The van der Waals surface area contributed by atoms with Crippen LogP contribution >= 0.6 is 15.9 Å². The Bertz CT molecular complexity index is 403. The number of hydrogen-bond acceptors (Lipinski definition) is 4. The molecular weight excluding hydrogens is 248 g/mol. The van der Waals surface area contributed by atoms with E-state index < -0.39 is 0 Å². The van der Waals surface area contributed by atoms with Crippen molar-refractivity contribution < 1.29 is 4.42 Å². The fraction of sp³-hybridized carbons (Fsp3) is 0.250. The van der Waals surface area contributed by atoms with Crippen molar-refractivity contribution in [2.24, 2.45) is 12.8 Å². The van der Waals surface area contributed by atoms with Crippen molar-refractivity contribution in [1.82, 2.24) is 15.0 Å². The normalized spacial score (nSPS) is 13.1. The number of nitrogens with zero attached hydrogens (tertiary/aromatic N) is 3. The molecule has 74 valence electrons. The van der Waals surface area contributed by atoms with E-state index in [0.717, 1.165) is 5.69 Å². The zero-order valence-corrected chi connectivity index (χ0v) is 9.10. The van der Waals surface area contributed by atoms with Crippen LogP contribution in [0.3, 0.4) is 0 Å². The molecule has 0 saturated carbocycles. The molecule has 14 heavy (non-hydrogen) atoms. The van der Waals surface area contributed by atoms with Gasteiger partial charge in [0.25, 0.3) is 0 Å². The molecular formula is C8H9BrN4O. The Balaban J connectivity index is 2.41. The molecule has 6 heteroatoms. The fourth-order valence-corrected chi connectivity index (χ4v) is 1.85. The first-order chi connectivity index (χ1) is 6.70. The smallest absolute Gasteiger partial charge is 0.153 e. The van der Waals surface area contributed by atoms with Gasteiger partial charge in [-0.2, -0.15) is 0 Å². The Kier molecular flexibility index (Phi) is 2.39. The lowest BCUT2D eigenvalue weighted by Crippen LogP contribution is -2.15. The van der Waals surface area contributed by atoms with E-state index in [1.807, 2.05) is 6.07 Å². The van der Waals surface area contributed by atoms with Gasteiger partial charge in [-0.25, -0.2) is 4.68 Å². The molecule has 1 unspecified atom stereocenters. The molecule has 0 fully saturated rings. The van der Waals surface area contributed by atoms with Crippen LogP contribution in [0.2, 0.25) is 0 Å². The molecule has 0 amide bonds. The van der Waals surface area contributed by atoms with Gasteiger partial charge in [0.1, 0.15) is 11.8 Å². The molecule has 2 heterocycles. The molecule has 0 aliphatic carbocycles. The SMILES string of the molecule is Cn1nnc(Br)c1C(N)c1ccco1. The molecule has 2 aromatic rings. The van der Waals surface area contributed by atoms with Crippen LogP contribution < -0.4 is 5.73 Å². The third kappa shape index (κ3) is 1.46. The lowest BCUT2D eigenvalue weighted by molar-refractivity contribution is 0.477. The van der Waals surface area contributed by atoms with E-state index in [2.05, 4.69) is 26.2 Å². The molecule has 0 bridgehead atoms. The van der Waals surface area contributed by atoms with Crippen LogP contribution in [0.25, 0.3) is 0 Å². The summed E-state index contributed by atoms with van der Waals surface area (Å²) in [5.74, 6) is 0.691. The summed E-state index contributed by atoms with van der Waals surface area (Å²) in [6.45, 7) is 0. The highest BCUT2D eigenvalue weighted by Crippen LogP contribution is 2.24. The third-order valence-electron chi connectivity index (χ3n) is 1.97. The van der Waals surface area contributed by atoms with Crippen LogP contribution in [-0.2, 0) is 7.05 Å². The molecule has 5 nitrogen and oxygen atoms in total. The van der Waals surface area contributed by atoms with Crippen LogP contribution in [0.5, 0.6) is 0 Å². The average molecular weight is 257 g/mol. The maximum absolute atomic E-state index is 5.98. The summed E-state index contributed by atoms with van der Waals surface area (Å²) in [7, 11) is 1.79. The number of halogens is 1. The summed E-state index contributed by atoms with van der Waals surface area (Å²) in [5, 5.41) is 7.70. The lowest BCUT2D eigenvalue weighted by atomic mass is 10.2. The first-order valence-corrected chi connectivity index (χ1v) is 4.83. The van der Waals surface area contributed by atoms with Gasteiger partial charge >= 0.3 is 0 Å². The average Bonchev–Trinajstić information content (AvgIpc) is 2.75. The van der Waals surface area contributed by atoms with Gasteiger partial charge in [-0.05, 0) is 28.1 Å². The number of rotatable bonds is 2. The van der Waals surface area contributed by atoms with E-state index in [0.29, 0.717) is 10.4 Å². The lowest BCUT2D eigenvalue weighted by Gasteiger charge is -2.08. The van der Waals surface area contributed by atoms with E-state index in [1.54, 1.807) is 24.1 Å². The number of aromatic nitrogens is 3. The Morgan fingerprint density at radius 1 is 1.64 bits per heavy atom. The molecule has 2 rings (SSSR count).